The molecule has 1 aliphatic rings. The van der Waals surface area contributed by atoms with Crippen molar-refractivity contribution in [2.45, 2.75) is 25.8 Å². The van der Waals surface area contributed by atoms with E-state index in [4.69, 9.17) is 15.7 Å². The largest absolute Gasteiger partial charge is 0.461 e. The van der Waals surface area contributed by atoms with Crippen molar-refractivity contribution in [2.24, 2.45) is 0 Å². The third-order valence-corrected chi connectivity index (χ3v) is 2.60. The third kappa shape index (κ3) is 1.63. The van der Waals surface area contributed by atoms with Crippen LogP contribution < -0.4 is 5.73 Å². The van der Waals surface area contributed by atoms with E-state index in [0.29, 0.717) is 23.9 Å². The minimum Gasteiger partial charge on any atom is -0.461 e. The summed E-state index contributed by atoms with van der Waals surface area (Å²) in [4.78, 5) is 11.7. The van der Waals surface area contributed by atoms with Gasteiger partial charge in [-0.2, -0.15) is 5.26 Å². The molecule has 16 heavy (non-hydrogen) atoms. The normalized spacial score (nSPS) is 14.5. The lowest BCUT2D eigenvalue weighted by atomic mass is 10.3. The number of nitriles is 1. The molecule has 1 aromatic heterocycles. The summed E-state index contributed by atoms with van der Waals surface area (Å²) in [7, 11) is 0. The van der Waals surface area contributed by atoms with Crippen LogP contribution in [0.25, 0.3) is 0 Å². The monoisotopic (exact) mass is 219 g/mol. The van der Waals surface area contributed by atoms with E-state index >= 15 is 0 Å². The summed E-state index contributed by atoms with van der Waals surface area (Å²) in [5, 5.41) is 8.87. The summed E-state index contributed by atoms with van der Waals surface area (Å²) in [5.41, 5.74) is 6.66. The van der Waals surface area contributed by atoms with Gasteiger partial charge in [0.25, 0.3) is 0 Å². The molecule has 5 nitrogen and oxygen atoms in total. The summed E-state index contributed by atoms with van der Waals surface area (Å²) >= 11 is 0. The van der Waals surface area contributed by atoms with E-state index in [2.05, 4.69) is 0 Å². The van der Waals surface area contributed by atoms with Gasteiger partial charge in [0, 0.05) is 12.2 Å². The van der Waals surface area contributed by atoms with Gasteiger partial charge >= 0.3 is 5.97 Å². The lowest BCUT2D eigenvalue weighted by molar-refractivity contribution is 0.0515. The average Bonchev–Trinajstić information content (AvgIpc) is 3.03. The molecule has 1 saturated carbocycles. The maximum Gasteiger partial charge on any atom is 0.357 e. The highest BCUT2D eigenvalue weighted by molar-refractivity contribution is 5.95. The molecule has 0 aromatic carbocycles. The quantitative estimate of drug-likeness (QED) is 0.780. The van der Waals surface area contributed by atoms with Crippen molar-refractivity contribution in [3.8, 4) is 6.07 Å². The Labute approximate surface area is 93.4 Å². The van der Waals surface area contributed by atoms with Crippen molar-refractivity contribution in [3.63, 3.8) is 0 Å². The number of anilines is 1. The molecule has 1 aliphatic carbocycles. The summed E-state index contributed by atoms with van der Waals surface area (Å²) in [6, 6.07) is 2.28. The molecule has 0 aliphatic heterocycles. The standard InChI is InChI=1S/C11H13N3O2/c1-2-16-11(15)10-9(13)7(5-12)6-14(10)8-3-4-8/h6,8H,2-4,13H2,1H3. The second-order valence-corrected chi connectivity index (χ2v) is 3.78. The van der Waals surface area contributed by atoms with E-state index in [1.165, 1.54) is 0 Å². The number of carbonyl (C=O) groups is 1. The van der Waals surface area contributed by atoms with Crippen molar-refractivity contribution in [2.75, 3.05) is 12.3 Å². The molecule has 0 bridgehead atoms. The highest BCUT2D eigenvalue weighted by Gasteiger charge is 2.31. The first-order valence-electron chi connectivity index (χ1n) is 5.26. The Morgan fingerprint density at radius 2 is 2.44 bits per heavy atom. The van der Waals surface area contributed by atoms with Crippen LogP contribution in [0.2, 0.25) is 0 Å². The van der Waals surface area contributed by atoms with Gasteiger partial charge in [-0.3, -0.25) is 0 Å². The van der Waals surface area contributed by atoms with Crippen molar-refractivity contribution >= 4 is 11.7 Å². The van der Waals surface area contributed by atoms with Gasteiger partial charge in [-0.05, 0) is 19.8 Å². The molecule has 84 valence electrons. The highest BCUT2D eigenvalue weighted by Crippen LogP contribution is 2.38. The first-order chi connectivity index (χ1) is 7.69. The van der Waals surface area contributed by atoms with Gasteiger partial charge in [0.1, 0.15) is 6.07 Å². The van der Waals surface area contributed by atoms with Crippen molar-refractivity contribution in [3.05, 3.63) is 17.5 Å². The van der Waals surface area contributed by atoms with Crippen LogP contribution in [0.5, 0.6) is 0 Å². The Hall–Kier alpha value is -1.96. The van der Waals surface area contributed by atoms with Crippen LogP contribution in [-0.4, -0.2) is 17.1 Å². The number of hydrogen-bond donors (Lipinski definition) is 1. The number of esters is 1. The molecule has 1 heterocycles. The zero-order chi connectivity index (χ0) is 11.7. The summed E-state index contributed by atoms with van der Waals surface area (Å²) < 4.78 is 6.71. The number of nitrogens with two attached hydrogens (primary N) is 1. The Balaban J connectivity index is 2.44. The summed E-state index contributed by atoms with van der Waals surface area (Å²) in [5.74, 6) is -0.451. The number of nitrogen functional groups attached to an aromatic ring is 1. The van der Waals surface area contributed by atoms with Crippen molar-refractivity contribution < 1.29 is 9.53 Å². The van der Waals surface area contributed by atoms with Crippen LogP contribution in [0.3, 0.4) is 0 Å². The number of carbonyl (C=O) groups excluding carboxylic acids is 1. The van der Waals surface area contributed by atoms with E-state index in [1.54, 1.807) is 17.7 Å². The van der Waals surface area contributed by atoms with Crippen LogP contribution >= 0.6 is 0 Å². The minimum absolute atomic E-state index is 0.229. The number of nitrogens with zero attached hydrogens (tertiary/aromatic N) is 2. The summed E-state index contributed by atoms with van der Waals surface area (Å²) in [6.07, 6.45) is 3.68. The molecule has 0 unspecified atom stereocenters. The second kappa shape index (κ2) is 3.89. The van der Waals surface area contributed by atoms with E-state index < -0.39 is 5.97 Å². The Bertz CT molecular complexity index is 466. The fraction of sp³-hybridized carbons (Fsp3) is 0.455. The molecule has 2 N–H and O–H groups in total. The van der Waals surface area contributed by atoms with E-state index in [1.807, 2.05) is 6.07 Å². The molecule has 5 heteroatoms. The maximum atomic E-state index is 11.7. The van der Waals surface area contributed by atoms with Gasteiger partial charge in [0.15, 0.2) is 5.69 Å². The van der Waals surface area contributed by atoms with Crippen LogP contribution in [0.15, 0.2) is 6.20 Å². The van der Waals surface area contributed by atoms with Gasteiger partial charge in [0.05, 0.1) is 17.9 Å². The molecule has 0 amide bonds. The number of ether oxygens (including phenoxy) is 1. The number of rotatable bonds is 3. The smallest absolute Gasteiger partial charge is 0.357 e. The van der Waals surface area contributed by atoms with E-state index in [9.17, 15) is 4.79 Å². The Morgan fingerprint density at radius 3 is 2.94 bits per heavy atom. The van der Waals surface area contributed by atoms with Gasteiger partial charge in [0.2, 0.25) is 0 Å². The average molecular weight is 219 g/mol. The molecule has 1 aromatic rings. The van der Waals surface area contributed by atoms with Gasteiger partial charge in [-0.1, -0.05) is 0 Å². The van der Waals surface area contributed by atoms with Gasteiger partial charge in [-0.15, -0.1) is 0 Å². The Kier molecular flexibility index (Phi) is 2.57. The molecule has 0 saturated heterocycles. The zero-order valence-corrected chi connectivity index (χ0v) is 9.06. The predicted octanol–water partition coefficient (Wildman–Crippen LogP) is 1.45. The first-order valence-corrected chi connectivity index (χ1v) is 5.26. The van der Waals surface area contributed by atoms with Crippen LogP contribution in [0.4, 0.5) is 5.69 Å². The van der Waals surface area contributed by atoms with Gasteiger partial charge < -0.3 is 15.0 Å². The summed E-state index contributed by atoms with van der Waals surface area (Å²) in [6.45, 7) is 2.04. The molecular formula is C11H13N3O2. The fourth-order valence-corrected chi connectivity index (χ4v) is 1.68. The molecule has 0 radical (unpaired) electrons. The fourth-order valence-electron chi connectivity index (χ4n) is 1.68. The topological polar surface area (TPSA) is 81.0 Å². The van der Waals surface area contributed by atoms with E-state index in [-0.39, 0.29) is 5.69 Å². The van der Waals surface area contributed by atoms with Crippen LogP contribution in [0, 0.1) is 11.3 Å². The second-order valence-electron chi connectivity index (χ2n) is 3.78. The lowest BCUT2D eigenvalue weighted by Crippen LogP contribution is -2.13. The molecule has 2 rings (SSSR count). The van der Waals surface area contributed by atoms with Crippen LogP contribution in [0.1, 0.15) is 41.9 Å². The lowest BCUT2D eigenvalue weighted by Gasteiger charge is -2.07. The third-order valence-electron chi connectivity index (χ3n) is 2.60. The van der Waals surface area contributed by atoms with E-state index in [0.717, 1.165) is 12.8 Å². The minimum atomic E-state index is -0.451. The maximum absolute atomic E-state index is 11.7. The van der Waals surface area contributed by atoms with Crippen molar-refractivity contribution in [1.29, 1.82) is 5.26 Å². The predicted molar refractivity (Wildman–Crippen MR) is 57.8 cm³/mol. The number of hydrogen-bond acceptors (Lipinski definition) is 4. The molecule has 1 fully saturated rings. The van der Waals surface area contributed by atoms with Crippen LogP contribution in [-0.2, 0) is 4.74 Å². The highest BCUT2D eigenvalue weighted by atomic mass is 16.5. The number of aromatic nitrogens is 1. The van der Waals surface area contributed by atoms with Gasteiger partial charge in [-0.25, -0.2) is 4.79 Å². The zero-order valence-electron chi connectivity index (χ0n) is 9.06. The Morgan fingerprint density at radius 1 is 1.75 bits per heavy atom. The van der Waals surface area contributed by atoms with Crippen molar-refractivity contribution in [1.82, 2.24) is 4.57 Å². The molecule has 0 spiro atoms. The molecule has 0 atom stereocenters. The first kappa shape index (κ1) is 10.6. The molecular weight excluding hydrogens is 206 g/mol. The SMILES string of the molecule is CCOC(=O)c1c(N)c(C#N)cn1C1CC1.